The van der Waals surface area contributed by atoms with E-state index in [1.165, 1.54) is 7.11 Å². The molecule has 1 aromatic rings. The van der Waals surface area contributed by atoms with Crippen LogP contribution >= 0.6 is 0 Å². The van der Waals surface area contributed by atoms with Gasteiger partial charge in [-0.1, -0.05) is 6.07 Å². The van der Waals surface area contributed by atoms with Crippen LogP contribution in [0.25, 0.3) is 0 Å². The number of methoxy groups -OCH3 is 1. The number of sulfonamides is 1. The Morgan fingerprint density at radius 1 is 1.37 bits per heavy atom. The molecular weight excluding hydrogens is 264 g/mol. The summed E-state index contributed by atoms with van der Waals surface area (Å²) in [6, 6.07) is 5.21. The number of benzene rings is 1. The summed E-state index contributed by atoms with van der Waals surface area (Å²) in [5.41, 5.74) is 0.912. The molecule has 0 unspecified atom stereocenters. The van der Waals surface area contributed by atoms with Crippen molar-refractivity contribution in [3.63, 3.8) is 0 Å². The standard InChI is InChI=1S/C13H20N2O3S/c1-14-8-11-5-6-12(18-2)13(7-11)19(16,17)15-9-10-3-4-10/h5-7,10,14-15H,3-4,8-9H2,1-2H3. The molecule has 5 nitrogen and oxygen atoms in total. The van der Waals surface area contributed by atoms with E-state index in [2.05, 4.69) is 10.0 Å². The highest BCUT2D eigenvalue weighted by Crippen LogP contribution is 2.29. The predicted molar refractivity (Wildman–Crippen MR) is 73.7 cm³/mol. The minimum Gasteiger partial charge on any atom is -0.495 e. The molecule has 0 aromatic heterocycles. The van der Waals surface area contributed by atoms with Crippen LogP contribution in [0, 0.1) is 5.92 Å². The largest absolute Gasteiger partial charge is 0.495 e. The van der Waals surface area contributed by atoms with E-state index < -0.39 is 10.0 Å². The van der Waals surface area contributed by atoms with Crippen LogP contribution in [0.5, 0.6) is 5.75 Å². The Balaban J connectivity index is 2.25. The molecule has 19 heavy (non-hydrogen) atoms. The maximum Gasteiger partial charge on any atom is 0.244 e. The SMILES string of the molecule is CNCc1ccc(OC)c(S(=O)(=O)NCC2CC2)c1. The van der Waals surface area contributed by atoms with Crippen molar-refractivity contribution < 1.29 is 13.2 Å². The van der Waals surface area contributed by atoms with E-state index in [0.717, 1.165) is 18.4 Å². The summed E-state index contributed by atoms with van der Waals surface area (Å²) in [5.74, 6) is 0.879. The summed E-state index contributed by atoms with van der Waals surface area (Å²) in [6.45, 7) is 1.14. The fourth-order valence-electron chi connectivity index (χ4n) is 1.87. The summed E-state index contributed by atoms with van der Waals surface area (Å²) in [4.78, 5) is 0.211. The molecule has 1 aliphatic carbocycles. The molecule has 6 heteroatoms. The van der Waals surface area contributed by atoms with Crippen molar-refractivity contribution in [3.8, 4) is 5.75 Å². The summed E-state index contributed by atoms with van der Waals surface area (Å²) in [6.07, 6.45) is 2.22. The van der Waals surface area contributed by atoms with Gasteiger partial charge in [0.1, 0.15) is 10.6 Å². The first-order valence-electron chi connectivity index (χ1n) is 6.38. The normalized spacial score (nSPS) is 15.5. The molecule has 2 rings (SSSR count). The summed E-state index contributed by atoms with van der Waals surface area (Å²) >= 11 is 0. The van der Waals surface area contributed by atoms with E-state index in [9.17, 15) is 8.42 Å². The molecule has 0 spiro atoms. The monoisotopic (exact) mass is 284 g/mol. The lowest BCUT2D eigenvalue weighted by atomic mass is 10.2. The summed E-state index contributed by atoms with van der Waals surface area (Å²) < 4.78 is 32.4. The average Bonchev–Trinajstić information content (AvgIpc) is 3.21. The van der Waals surface area contributed by atoms with Crippen LogP contribution in [0.4, 0.5) is 0 Å². The maximum atomic E-state index is 12.3. The lowest BCUT2D eigenvalue weighted by molar-refractivity contribution is 0.402. The van der Waals surface area contributed by atoms with E-state index in [-0.39, 0.29) is 4.90 Å². The predicted octanol–water partition coefficient (Wildman–Crippen LogP) is 1.10. The van der Waals surface area contributed by atoms with Crippen molar-refractivity contribution in [1.29, 1.82) is 0 Å². The Labute approximate surface area is 114 Å². The smallest absolute Gasteiger partial charge is 0.244 e. The van der Waals surface area contributed by atoms with E-state index in [1.807, 2.05) is 13.1 Å². The molecule has 1 fully saturated rings. The fourth-order valence-corrected chi connectivity index (χ4v) is 3.21. The lowest BCUT2D eigenvalue weighted by Crippen LogP contribution is -2.26. The van der Waals surface area contributed by atoms with Gasteiger partial charge in [0, 0.05) is 13.1 Å². The highest BCUT2D eigenvalue weighted by atomic mass is 32.2. The molecular formula is C13H20N2O3S. The van der Waals surface area contributed by atoms with E-state index >= 15 is 0 Å². The Bertz CT molecular complexity index is 539. The van der Waals surface area contributed by atoms with Crippen LogP contribution in [0.3, 0.4) is 0 Å². The summed E-state index contributed by atoms with van der Waals surface area (Å²) in [5, 5.41) is 3.00. The van der Waals surface area contributed by atoms with Gasteiger partial charge in [-0.3, -0.25) is 0 Å². The third kappa shape index (κ3) is 3.68. The number of ether oxygens (including phenoxy) is 1. The second kappa shape index (κ2) is 5.90. The Hall–Kier alpha value is -1.11. The fraction of sp³-hybridized carbons (Fsp3) is 0.538. The van der Waals surface area contributed by atoms with E-state index in [4.69, 9.17) is 4.74 Å². The molecule has 0 aliphatic heterocycles. The van der Waals surface area contributed by atoms with E-state index in [0.29, 0.717) is 24.8 Å². The van der Waals surface area contributed by atoms with Gasteiger partial charge in [-0.2, -0.15) is 0 Å². The number of nitrogens with one attached hydrogen (secondary N) is 2. The van der Waals surface area contributed by atoms with Crippen molar-refractivity contribution in [1.82, 2.24) is 10.0 Å². The maximum absolute atomic E-state index is 12.3. The molecule has 106 valence electrons. The second-order valence-electron chi connectivity index (χ2n) is 4.81. The highest BCUT2D eigenvalue weighted by Gasteiger charge is 2.26. The molecule has 0 radical (unpaired) electrons. The molecule has 2 N–H and O–H groups in total. The third-order valence-electron chi connectivity index (χ3n) is 3.16. The van der Waals surface area contributed by atoms with Gasteiger partial charge in [0.25, 0.3) is 0 Å². The number of rotatable bonds is 7. The Kier molecular flexibility index (Phi) is 4.44. The van der Waals surface area contributed by atoms with Crippen molar-refractivity contribution >= 4 is 10.0 Å². The van der Waals surface area contributed by atoms with Gasteiger partial charge in [-0.05, 0) is 43.5 Å². The average molecular weight is 284 g/mol. The van der Waals surface area contributed by atoms with Gasteiger partial charge in [-0.25, -0.2) is 13.1 Å². The molecule has 0 heterocycles. The van der Waals surface area contributed by atoms with Gasteiger partial charge >= 0.3 is 0 Å². The van der Waals surface area contributed by atoms with Crippen LogP contribution in [0.1, 0.15) is 18.4 Å². The molecule has 1 aromatic carbocycles. The van der Waals surface area contributed by atoms with Crippen molar-refractivity contribution in [2.24, 2.45) is 5.92 Å². The van der Waals surface area contributed by atoms with E-state index in [1.54, 1.807) is 12.1 Å². The van der Waals surface area contributed by atoms with Gasteiger partial charge in [0.15, 0.2) is 0 Å². The van der Waals surface area contributed by atoms with Crippen LogP contribution in [-0.4, -0.2) is 29.1 Å². The molecule has 1 aliphatic rings. The molecule has 0 amide bonds. The zero-order valence-electron chi connectivity index (χ0n) is 11.3. The zero-order valence-corrected chi connectivity index (χ0v) is 12.1. The quantitative estimate of drug-likeness (QED) is 0.787. The Morgan fingerprint density at radius 3 is 2.68 bits per heavy atom. The van der Waals surface area contributed by atoms with Crippen molar-refractivity contribution in [2.45, 2.75) is 24.3 Å². The van der Waals surface area contributed by atoms with Crippen LogP contribution in [0.15, 0.2) is 23.1 Å². The second-order valence-corrected chi connectivity index (χ2v) is 6.55. The topological polar surface area (TPSA) is 67.4 Å². The zero-order chi connectivity index (χ0) is 13.9. The Morgan fingerprint density at radius 2 is 2.11 bits per heavy atom. The molecule has 0 atom stereocenters. The van der Waals surface area contributed by atoms with Gasteiger partial charge in [-0.15, -0.1) is 0 Å². The number of hydrogen-bond donors (Lipinski definition) is 2. The van der Waals surface area contributed by atoms with Crippen molar-refractivity contribution in [2.75, 3.05) is 20.7 Å². The van der Waals surface area contributed by atoms with Crippen molar-refractivity contribution in [3.05, 3.63) is 23.8 Å². The first-order chi connectivity index (χ1) is 9.06. The first kappa shape index (κ1) is 14.3. The van der Waals surface area contributed by atoms with Crippen LogP contribution in [-0.2, 0) is 16.6 Å². The third-order valence-corrected chi connectivity index (χ3v) is 4.60. The van der Waals surface area contributed by atoms with Gasteiger partial charge in [0.05, 0.1) is 7.11 Å². The van der Waals surface area contributed by atoms with Gasteiger partial charge in [0.2, 0.25) is 10.0 Å². The minimum absolute atomic E-state index is 0.211. The first-order valence-corrected chi connectivity index (χ1v) is 7.86. The molecule has 0 bridgehead atoms. The number of hydrogen-bond acceptors (Lipinski definition) is 4. The summed E-state index contributed by atoms with van der Waals surface area (Å²) in [7, 11) is -0.199. The lowest BCUT2D eigenvalue weighted by Gasteiger charge is -2.12. The van der Waals surface area contributed by atoms with Crippen LogP contribution < -0.4 is 14.8 Å². The van der Waals surface area contributed by atoms with Crippen LogP contribution in [0.2, 0.25) is 0 Å². The highest BCUT2D eigenvalue weighted by molar-refractivity contribution is 7.89. The molecule has 1 saturated carbocycles. The minimum atomic E-state index is -3.50. The van der Waals surface area contributed by atoms with Gasteiger partial charge < -0.3 is 10.1 Å². The molecule has 0 saturated heterocycles.